The first-order valence-electron chi connectivity index (χ1n) is 14.9. The van der Waals surface area contributed by atoms with Crippen LogP contribution in [0.5, 0.6) is 0 Å². The highest BCUT2D eigenvalue weighted by Crippen LogP contribution is 2.29. The summed E-state index contributed by atoms with van der Waals surface area (Å²) >= 11 is 0. The molecule has 0 aliphatic heterocycles. The summed E-state index contributed by atoms with van der Waals surface area (Å²) < 4.78 is 29.2. The van der Waals surface area contributed by atoms with Crippen molar-refractivity contribution in [2.75, 3.05) is 18.5 Å². The molecule has 5 rings (SSSR count). The summed E-state index contributed by atoms with van der Waals surface area (Å²) in [7, 11) is -4.21. The second-order valence-electron chi connectivity index (χ2n) is 11.2. The molecule has 0 aliphatic carbocycles. The number of aliphatic carboxylic acids is 1. The van der Waals surface area contributed by atoms with E-state index in [4.69, 9.17) is 5.10 Å². The standard InChI is InChI=1S/C34H36N6O5S/c1-5-17-39(21-28(34(42)43)38-46(44,45)32-23(3)18-22(2)19-24(32)4)33(41)26-14-15-29-27(20-26)31(25-11-7-6-8-12-25)37-40(29)36-30-13-9-10-16-35-30/h6-16,18-20,28,38H,5,17,21H2,1-4H3,(H,35,36)(H,42,43)/t28-/m0/s1. The first-order chi connectivity index (χ1) is 22.0. The van der Waals surface area contributed by atoms with E-state index >= 15 is 0 Å². The van der Waals surface area contributed by atoms with Gasteiger partial charge in [-0.1, -0.05) is 61.0 Å². The van der Waals surface area contributed by atoms with Crippen LogP contribution in [0, 0.1) is 20.8 Å². The molecule has 5 aromatic rings. The fourth-order valence-electron chi connectivity index (χ4n) is 5.63. The van der Waals surface area contributed by atoms with Gasteiger partial charge in [0.25, 0.3) is 5.91 Å². The molecule has 1 amide bonds. The van der Waals surface area contributed by atoms with Crippen LogP contribution in [-0.4, -0.2) is 64.3 Å². The molecule has 238 valence electrons. The van der Waals surface area contributed by atoms with Crippen molar-refractivity contribution in [3.8, 4) is 11.3 Å². The van der Waals surface area contributed by atoms with Crippen LogP contribution >= 0.6 is 0 Å². The second kappa shape index (κ2) is 13.5. The number of aryl methyl sites for hydroxylation is 3. The van der Waals surface area contributed by atoms with Crippen LogP contribution in [0.2, 0.25) is 0 Å². The molecule has 11 nitrogen and oxygen atoms in total. The summed E-state index contributed by atoms with van der Waals surface area (Å²) in [6.45, 7) is 6.92. The highest BCUT2D eigenvalue weighted by molar-refractivity contribution is 7.89. The zero-order valence-electron chi connectivity index (χ0n) is 26.1. The number of nitrogens with one attached hydrogen (secondary N) is 2. The first kappa shape index (κ1) is 32.3. The van der Waals surface area contributed by atoms with Crippen LogP contribution in [0.15, 0.2) is 90.0 Å². The number of fused-ring (bicyclic) bond motifs is 1. The Hall–Kier alpha value is -5.07. The van der Waals surface area contributed by atoms with Gasteiger partial charge in [-0.3, -0.25) is 15.0 Å². The fourth-order valence-corrected chi connectivity index (χ4v) is 7.27. The molecule has 0 saturated carbocycles. The van der Waals surface area contributed by atoms with E-state index in [0.29, 0.717) is 45.5 Å². The quantitative estimate of drug-likeness (QED) is 0.169. The van der Waals surface area contributed by atoms with Gasteiger partial charge in [0.15, 0.2) is 0 Å². The van der Waals surface area contributed by atoms with Gasteiger partial charge in [0.2, 0.25) is 10.0 Å². The van der Waals surface area contributed by atoms with E-state index in [2.05, 4.69) is 15.1 Å². The third-order valence-corrected chi connectivity index (χ3v) is 9.29. The lowest BCUT2D eigenvalue weighted by Crippen LogP contribution is -2.50. The number of carboxylic acids is 1. The van der Waals surface area contributed by atoms with Crippen molar-refractivity contribution in [3.63, 3.8) is 0 Å². The zero-order chi connectivity index (χ0) is 33.0. The van der Waals surface area contributed by atoms with Crippen LogP contribution in [0.3, 0.4) is 0 Å². The number of rotatable bonds is 12. The number of pyridine rings is 1. The third kappa shape index (κ3) is 6.93. The maximum absolute atomic E-state index is 14.0. The maximum Gasteiger partial charge on any atom is 0.323 e. The summed E-state index contributed by atoms with van der Waals surface area (Å²) in [4.78, 5) is 33.7. The van der Waals surface area contributed by atoms with Crippen molar-refractivity contribution in [1.29, 1.82) is 0 Å². The highest BCUT2D eigenvalue weighted by atomic mass is 32.2. The van der Waals surface area contributed by atoms with Gasteiger partial charge in [0.05, 0.1) is 10.4 Å². The van der Waals surface area contributed by atoms with Gasteiger partial charge in [-0.15, -0.1) is 0 Å². The van der Waals surface area contributed by atoms with Crippen molar-refractivity contribution in [2.24, 2.45) is 0 Å². The largest absolute Gasteiger partial charge is 0.480 e. The lowest BCUT2D eigenvalue weighted by Gasteiger charge is -2.26. The van der Waals surface area contributed by atoms with Crippen molar-refractivity contribution in [3.05, 3.63) is 107 Å². The van der Waals surface area contributed by atoms with Gasteiger partial charge in [-0.05, 0) is 68.7 Å². The number of benzene rings is 3. The van der Waals surface area contributed by atoms with Gasteiger partial charge in [-0.25, -0.2) is 13.4 Å². The monoisotopic (exact) mass is 640 g/mol. The molecule has 0 aliphatic rings. The molecule has 0 spiro atoms. The summed E-state index contributed by atoms with van der Waals surface area (Å²) in [6.07, 6.45) is 2.20. The number of aromatic nitrogens is 3. The van der Waals surface area contributed by atoms with Crippen molar-refractivity contribution in [1.82, 2.24) is 24.5 Å². The first-order valence-corrected chi connectivity index (χ1v) is 16.4. The minimum atomic E-state index is -4.21. The average Bonchev–Trinajstić information content (AvgIpc) is 3.37. The molecule has 0 fully saturated rings. The molecule has 46 heavy (non-hydrogen) atoms. The van der Waals surface area contributed by atoms with Crippen molar-refractivity contribution < 1.29 is 23.1 Å². The maximum atomic E-state index is 14.0. The van der Waals surface area contributed by atoms with Gasteiger partial charge in [0.1, 0.15) is 17.6 Å². The van der Waals surface area contributed by atoms with E-state index in [9.17, 15) is 23.1 Å². The Kier molecular flexibility index (Phi) is 9.49. The zero-order valence-corrected chi connectivity index (χ0v) is 26.9. The smallest absolute Gasteiger partial charge is 0.323 e. The third-order valence-electron chi connectivity index (χ3n) is 7.51. The molecule has 0 saturated heterocycles. The number of anilines is 1. The van der Waals surface area contributed by atoms with E-state index < -0.39 is 27.9 Å². The van der Waals surface area contributed by atoms with Gasteiger partial charge >= 0.3 is 5.97 Å². The molecular weight excluding hydrogens is 604 g/mol. The van der Waals surface area contributed by atoms with Gasteiger partial charge in [-0.2, -0.15) is 14.6 Å². The van der Waals surface area contributed by atoms with Gasteiger partial charge < -0.3 is 10.0 Å². The molecule has 3 N–H and O–H groups in total. The molecule has 0 radical (unpaired) electrons. The molecular formula is C34H36N6O5S. The average molecular weight is 641 g/mol. The van der Waals surface area contributed by atoms with E-state index in [1.807, 2.05) is 62.4 Å². The van der Waals surface area contributed by atoms with Crippen LogP contribution in [0.25, 0.3) is 22.2 Å². The second-order valence-corrected chi connectivity index (χ2v) is 12.8. The Labute approximate surface area is 267 Å². The predicted molar refractivity (Wildman–Crippen MR) is 177 cm³/mol. The summed E-state index contributed by atoms with van der Waals surface area (Å²) in [5.74, 6) is -1.23. The summed E-state index contributed by atoms with van der Waals surface area (Å²) in [5, 5.41) is 15.6. The fraction of sp³-hybridized carbons (Fsp3) is 0.235. The van der Waals surface area contributed by atoms with Crippen LogP contribution in [0.1, 0.15) is 40.4 Å². The minimum absolute atomic E-state index is 0.0351. The summed E-state index contributed by atoms with van der Waals surface area (Å²) in [5.41, 5.74) is 7.58. The molecule has 1 atom stereocenters. The SMILES string of the molecule is CCCN(C[C@H](NS(=O)(=O)c1c(C)cc(C)cc1C)C(=O)O)C(=O)c1ccc2c(c1)c(-c1ccccc1)nn2Nc1ccccn1. The predicted octanol–water partition coefficient (Wildman–Crippen LogP) is 5.18. The van der Waals surface area contributed by atoms with Crippen molar-refractivity contribution in [2.45, 2.75) is 45.1 Å². The molecule has 2 aromatic heterocycles. The minimum Gasteiger partial charge on any atom is -0.480 e. The van der Waals surface area contributed by atoms with E-state index in [-0.39, 0.29) is 18.0 Å². The Morgan fingerprint density at radius 2 is 1.65 bits per heavy atom. The molecule has 3 aromatic carbocycles. The Bertz CT molecular complexity index is 1970. The number of carbonyl (C=O) groups excluding carboxylic acids is 1. The number of carbonyl (C=O) groups is 2. The van der Waals surface area contributed by atoms with E-state index in [0.717, 1.165) is 11.1 Å². The number of hydrogen-bond donors (Lipinski definition) is 3. The van der Waals surface area contributed by atoms with Crippen molar-refractivity contribution >= 4 is 38.6 Å². The molecule has 2 heterocycles. The number of sulfonamides is 1. The number of amides is 1. The summed E-state index contributed by atoms with van der Waals surface area (Å²) in [6, 6.07) is 22.1. The van der Waals surface area contributed by atoms with E-state index in [1.54, 1.807) is 55.2 Å². The Morgan fingerprint density at radius 3 is 2.28 bits per heavy atom. The number of carboxylic acid groups (broad SMARTS) is 1. The Morgan fingerprint density at radius 1 is 0.957 bits per heavy atom. The van der Waals surface area contributed by atoms with Crippen LogP contribution in [-0.2, 0) is 14.8 Å². The molecule has 0 unspecified atom stereocenters. The lowest BCUT2D eigenvalue weighted by molar-refractivity contribution is -0.139. The lowest BCUT2D eigenvalue weighted by atomic mass is 10.0. The number of nitrogens with zero attached hydrogens (tertiary/aromatic N) is 4. The van der Waals surface area contributed by atoms with Gasteiger partial charge in [0, 0.05) is 35.8 Å². The normalized spacial score (nSPS) is 12.2. The molecule has 0 bridgehead atoms. The van der Waals surface area contributed by atoms with Crippen LogP contribution < -0.4 is 10.1 Å². The topological polar surface area (TPSA) is 147 Å². The number of hydrogen-bond acceptors (Lipinski definition) is 7. The highest BCUT2D eigenvalue weighted by Gasteiger charge is 2.31. The van der Waals surface area contributed by atoms with E-state index in [1.165, 1.54) is 4.90 Å². The van der Waals surface area contributed by atoms with Crippen LogP contribution in [0.4, 0.5) is 5.82 Å². The Balaban J connectivity index is 1.48. The molecule has 12 heteroatoms.